The molecule has 0 aliphatic rings. The van der Waals surface area contributed by atoms with E-state index in [1.54, 1.807) is 0 Å². The van der Waals surface area contributed by atoms with Crippen LogP contribution < -0.4 is 25.4 Å². The molecule has 0 radical (unpaired) electrons. The van der Waals surface area contributed by atoms with Gasteiger partial charge >= 0.3 is 0 Å². The third-order valence-electron chi connectivity index (χ3n) is 7.95. The number of phenolic OH excluding ortho intramolecular Hbond substituents is 1. The molecule has 0 aliphatic carbocycles. The molecule has 0 heterocycles. The summed E-state index contributed by atoms with van der Waals surface area (Å²) in [4.78, 5) is 0. The predicted octanol–water partition coefficient (Wildman–Crippen LogP) is 8.73. The van der Waals surface area contributed by atoms with Gasteiger partial charge in [-0.25, -0.2) is 0 Å². The van der Waals surface area contributed by atoms with Crippen LogP contribution in [0.3, 0.4) is 0 Å². The monoisotopic (exact) mass is 602 g/mol. The fourth-order valence-corrected chi connectivity index (χ4v) is 8.86. The number of rotatable bonds is 11. The van der Waals surface area contributed by atoms with Gasteiger partial charge in [-0.15, -0.1) is 0 Å². The van der Waals surface area contributed by atoms with Gasteiger partial charge < -0.3 is 14.6 Å². The first-order valence-electron chi connectivity index (χ1n) is 15.5. The van der Waals surface area contributed by atoms with Crippen molar-refractivity contribution in [1.82, 2.24) is 0 Å². The summed E-state index contributed by atoms with van der Waals surface area (Å²) in [5, 5.41) is 15.6. The van der Waals surface area contributed by atoms with Crippen LogP contribution in [0.2, 0.25) is 0 Å². The second-order valence-corrected chi connectivity index (χ2v) is 14.1. The van der Waals surface area contributed by atoms with E-state index in [1.807, 2.05) is 60.7 Å². The molecule has 0 spiro atoms. The average molecular weight is 603 g/mol. The standard InChI is InChI=1S/C40H43O3P/c1-6-29-17-14-19-31(27-42-33-21-10-8-11-22-33)38(29)44(36-26-16-25-35(37(36)41)40(3,4)5)39-30(7-2)18-15-20-32(39)28-43-34-23-12-9-13-24-34/h8-26,41H,6-7,27-28H2,1-5H3. The van der Waals surface area contributed by atoms with Crippen LogP contribution in [0, 0.1) is 0 Å². The third-order valence-corrected chi connectivity index (χ3v) is 10.8. The highest BCUT2D eigenvalue weighted by Crippen LogP contribution is 2.44. The Hall–Kier alpha value is -4.07. The maximum atomic E-state index is 12.1. The molecule has 0 fully saturated rings. The van der Waals surface area contributed by atoms with Crippen molar-refractivity contribution in [2.24, 2.45) is 0 Å². The summed E-state index contributed by atoms with van der Waals surface area (Å²) < 4.78 is 12.8. The zero-order chi connectivity index (χ0) is 31.1. The Bertz CT molecular complexity index is 1580. The minimum Gasteiger partial charge on any atom is -0.507 e. The SMILES string of the molecule is CCc1cccc(COc2ccccc2)c1P(c1cccc(C(C)(C)C)c1O)c1c(CC)cccc1COc1ccccc1. The third kappa shape index (κ3) is 7.01. The van der Waals surface area contributed by atoms with Crippen molar-refractivity contribution in [1.29, 1.82) is 0 Å². The van der Waals surface area contributed by atoms with Crippen LogP contribution >= 0.6 is 7.92 Å². The van der Waals surface area contributed by atoms with Gasteiger partial charge in [-0.1, -0.05) is 126 Å². The number of aromatic hydroxyl groups is 1. The molecule has 3 nitrogen and oxygen atoms in total. The van der Waals surface area contributed by atoms with Crippen molar-refractivity contribution in [3.05, 3.63) is 143 Å². The van der Waals surface area contributed by atoms with Crippen LogP contribution in [0.4, 0.5) is 0 Å². The fraction of sp³-hybridized carbons (Fsp3) is 0.250. The molecule has 5 rings (SSSR count). The highest BCUT2D eigenvalue weighted by Gasteiger charge is 2.31. The minimum absolute atomic E-state index is 0.214. The lowest BCUT2D eigenvalue weighted by molar-refractivity contribution is 0.307. The Balaban J connectivity index is 1.75. The van der Waals surface area contributed by atoms with Crippen LogP contribution in [0.25, 0.3) is 0 Å². The van der Waals surface area contributed by atoms with Crippen LogP contribution in [0.5, 0.6) is 17.2 Å². The smallest absolute Gasteiger partial charge is 0.127 e. The molecule has 0 bridgehead atoms. The quantitative estimate of drug-likeness (QED) is 0.154. The Kier molecular flexibility index (Phi) is 10.1. The van der Waals surface area contributed by atoms with E-state index in [4.69, 9.17) is 9.47 Å². The normalized spacial score (nSPS) is 11.5. The molecule has 5 aromatic rings. The number of ether oxygens (including phenoxy) is 2. The first-order valence-corrected chi connectivity index (χ1v) is 16.9. The molecule has 226 valence electrons. The van der Waals surface area contributed by atoms with Crippen molar-refractivity contribution in [2.45, 2.75) is 66.1 Å². The first-order chi connectivity index (χ1) is 21.3. The van der Waals surface area contributed by atoms with Crippen molar-refractivity contribution in [2.75, 3.05) is 0 Å². The first kappa shape index (κ1) is 31.4. The molecule has 0 saturated heterocycles. The molecule has 5 aromatic carbocycles. The maximum absolute atomic E-state index is 12.1. The van der Waals surface area contributed by atoms with E-state index < -0.39 is 7.92 Å². The van der Waals surface area contributed by atoms with Gasteiger partial charge in [0.2, 0.25) is 0 Å². The summed E-state index contributed by atoms with van der Waals surface area (Å²) in [5.41, 5.74) is 5.56. The largest absolute Gasteiger partial charge is 0.507 e. The summed E-state index contributed by atoms with van der Waals surface area (Å²) in [6, 6.07) is 39.4. The second-order valence-electron chi connectivity index (χ2n) is 12.0. The van der Waals surface area contributed by atoms with Crippen molar-refractivity contribution < 1.29 is 14.6 Å². The summed E-state index contributed by atoms with van der Waals surface area (Å²) in [7, 11) is -1.20. The van der Waals surface area contributed by atoms with Crippen molar-refractivity contribution in [3.8, 4) is 17.2 Å². The van der Waals surface area contributed by atoms with Gasteiger partial charge in [0.15, 0.2) is 0 Å². The highest BCUT2D eigenvalue weighted by molar-refractivity contribution is 7.80. The van der Waals surface area contributed by atoms with Gasteiger partial charge in [0, 0.05) is 5.30 Å². The highest BCUT2D eigenvalue weighted by atomic mass is 31.1. The molecule has 0 saturated carbocycles. The summed E-state index contributed by atoms with van der Waals surface area (Å²) in [6.07, 6.45) is 1.74. The molecular weight excluding hydrogens is 559 g/mol. The number of phenols is 1. The van der Waals surface area contributed by atoms with Gasteiger partial charge in [0.25, 0.3) is 0 Å². The number of hydrogen-bond donors (Lipinski definition) is 1. The number of para-hydroxylation sites is 3. The molecule has 0 aliphatic heterocycles. The molecular formula is C40H43O3P. The van der Waals surface area contributed by atoms with E-state index in [9.17, 15) is 5.11 Å². The van der Waals surface area contributed by atoms with Crippen molar-refractivity contribution >= 4 is 23.8 Å². The summed E-state index contributed by atoms with van der Waals surface area (Å²) in [5.74, 6) is 2.06. The van der Waals surface area contributed by atoms with E-state index in [1.165, 1.54) is 21.7 Å². The molecule has 44 heavy (non-hydrogen) atoms. The molecule has 4 heteroatoms. The van der Waals surface area contributed by atoms with Gasteiger partial charge in [0.1, 0.15) is 30.5 Å². The Labute approximate surface area is 264 Å². The summed E-state index contributed by atoms with van der Waals surface area (Å²) in [6.45, 7) is 11.8. The minimum atomic E-state index is -1.20. The van der Waals surface area contributed by atoms with Gasteiger partial charge in [-0.2, -0.15) is 0 Å². The molecule has 1 N–H and O–H groups in total. The lowest BCUT2D eigenvalue weighted by atomic mass is 9.86. The van der Waals surface area contributed by atoms with Crippen LogP contribution in [-0.4, -0.2) is 5.11 Å². The maximum Gasteiger partial charge on any atom is 0.127 e. The molecule has 0 amide bonds. The van der Waals surface area contributed by atoms with Gasteiger partial charge in [0.05, 0.1) is 0 Å². The number of aryl methyl sites for hydroxylation is 2. The Morgan fingerprint density at radius 2 is 0.977 bits per heavy atom. The van der Waals surface area contributed by atoms with Gasteiger partial charge in [-0.05, 0) is 88.9 Å². The molecule has 0 atom stereocenters. The van der Waals surface area contributed by atoms with Crippen LogP contribution in [0.1, 0.15) is 62.4 Å². The summed E-state index contributed by atoms with van der Waals surface area (Å²) >= 11 is 0. The van der Waals surface area contributed by atoms with Gasteiger partial charge in [-0.3, -0.25) is 0 Å². The number of benzene rings is 5. The van der Waals surface area contributed by atoms with E-state index in [0.29, 0.717) is 19.0 Å². The second kappa shape index (κ2) is 14.1. The van der Waals surface area contributed by atoms with Crippen LogP contribution in [0.15, 0.2) is 115 Å². The van der Waals surface area contributed by atoms with E-state index in [-0.39, 0.29) is 5.41 Å². The topological polar surface area (TPSA) is 38.7 Å². The van der Waals surface area contributed by atoms with Crippen LogP contribution in [-0.2, 0) is 31.5 Å². The zero-order valence-electron chi connectivity index (χ0n) is 26.5. The Morgan fingerprint density at radius 3 is 1.41 bits per heavy atom. The molecule has 0 aromatic heterocycles. The zero-order valence-corrected chi connectivity index (χ0v) is 27.4. The average Bonchev–Trinajstić information content (AvgIpc) is 3.04. The number of hydrogen-bond acceptors (Lipinski definition) is 3. The molecule has 0 unspecified atom stereocenters. The Morgan fingerprint density at radius 1 is 0.545 bits per heavy atom. The fourth-order valence-electron chi connectivity index (χ4n) is 5.69. The van der Waals surface area contributed by atoms with E-state index in [2.05, 4.69) is 89.2 Å². The van der Waals surface area contributed by atoms with E-state index in [0.717, 1.165) is 46.3 Å². The van der Waals surface area contributed by atoms with Crippen molar-refractivity contribution in [3.63, 3.8) is 0 Å². The lowest BCUT2D eigenvalue weighted by Crippen LogP contribution is -2.31. The lowest BCUT2D eigenvalue weighted by Gasteiger charge is -2.31. The van der Waals surface area contributed by atoms with E-state index >= 15 is 0 Å². The predicted molar refractivity (Wildman–Crippen MR) is 186 cm³/mol.